The van der Waals surface area contributed by atoms with Gasteiger partial charge in [-0.3, -0.25) is 4.79 Å². The number of hydrogen-bond donors (Lipinski definition) is 1. The van der Waals surface area contributed by atoms with Gasteiger partial charge in [-0.2, -0.15) is 4.31 Å². The van der Waals surface area contributed by atoms with Gasteiger partial charge in [0, 0.05) is 13.1 Å². The SMILES string of the molecule is CC(COc1ccccc1F)NC(=O)c1cc(S(=O)(=O)N(C)C(C)C)ccc1Cl. The van der Waals surface area contributed by atoms with E-state index in [1.807, 2.05) is 0 Å². The minimum atomic E-state index is -3.76. The van der Waals surface area contributed by atoms with E-state index in [9.17, 15) is 17.6 Å². The summed E-state index contributed by atoms with van der Waals surface area (Å²) in [7, 11) is -2.29. The Morgan fingerprint density at radius 3 is 2.48 bits per heavy atom. The Kier molecular flexibility index (Phi) is 7.62. The van der Waals surface area contributed by atoms with Crippen molar-refractivity contribution in [3.63, 3.8) is 0 Å². The number of carbonyl (C=O) groups excluding carboxylic acids is 1. The summed E-state index contributed by atoms with van der Waals surface area (Å²) < 4.78 is 45.5. The van der Waals surface area contributed by atoms with Crippen LogP contribution in [0, 0.1) is 5.82 Å². The number of amides is 1. The summed E-state index contributed by atoms with van der Waals surface area (Å²) in [5, 5.41) is 2.80. The molecule has 0 aliphatic carbocycles. The predicted molar refractivity (Wildman–Crippen MR) is 110 cm³/mol. The van der Waals surface area contributed by atoms with Crippen molar-refractivity contribution in [2.75, 3.05) is 13.7 Å². The average Bonchev–Trinajstić information content (AvgIpc) is 2.66. The third-order valence-corrected chi connectivity index (χ3v) is 6.65. The van der Waals surface area contributed by atoms with E-state index >= 15 is 0 Å². The van der Waals surface area contributed by atoms with Gasteiger partial charge < -0.3 is 10.1 Å². The molecule has 2 aromatic carbocycles. The third kappa shape index (κ3) is 5.68. The second-order valence-electron chi connectivity index (χ2n) is 6.87. The first-order chi connectivity index (χ1) is 13.5. The van der Waals surface area contributed by atoms with Gasteiger partial charge >= 0.3 is 0 Å². The van der Waals surface area contributed by atoms with Gasteiger partial charge in [0.15, 0.2) is 11.6 Å². The van der Waals surface area contributed by atoms with Gasteiger partial charge in [0.2, 0.25) is 10.0 Å². The fourth-order valence-electron chi connectivity index (χ4n) is 2.40. The molecule has 0 fully saturated rings. The van der Waals surface area contributed by atoms with Crippen LogP contribution in [-0.2, 0) is 10.0 Å². The zero-order chi connectivity index (χ0) is 21.8. The van der Waals surface area contributed by atoms with Gasteiger partial charge in [0.25, 0.3) is 5.91 Å². The molecule has 0 aliphatic heterocycles. The highest BCUT2D eigenvalue weighted by molar-refractivity contribution is 7.89. The molecule has 1 unspecified atom stereocenters. The molecule has 1 amide bonds. The minimum Gasteiger partial charge on any atom is -0.488 e. The monoisotopic (exact) mass is 442 g/mol. The molecule has 0 saturated heterocycles. The molecule has 0 aromatic heterocycles. The van der Waals surface area contributed by atoms with Crippen molar-refractivity contribution in [1.82, 2.24) is 9.62 Å². The molecule has 29 heavy (non-hydrogen) atoms. The van der Waals surface area contributed by atoms with Gasteiger partial charge in [0.1, 0.15) is 6.61 Å². The number of para-hydroxylation sites is 1. The maximum absolute atomic E-state index is 13.6. The second-order valence-corrected chi connectivity index (χ2v) is 9.28. The van der Waals surface area contributed by atoms with E-state index < -0.39 is 27.8 Å². The molecule has 0 aliphatic rings. The lowest BCUT2D eigenvalue weighted by Crippen LogP contribution is -2.37. The van der Waals surface area contributed by atoms with Crippen LogP contribution in [0.5, 0.6) is 5.75 Å². The van der Waals surface area contributed by atoms with Gasteiger partial charge in [-0.15, -0.1) is 0 Å². The number of benzene rings is 2. The van der Waals surface area contributed by atoms with Crippen LogP contribution in [0.15, 0.2) is 47.4 Å². The van der Waals surface area contributed by atoms with Crippen molar-refractivity contribution >= 4 is 27.5 Å². The van der Waals surface area contributed by atoms with Crippen LogP contribution in [0.1, 0.15) is 31.1 Å². The molecule has 0 radical (unpaired) electrons. The Morgan fingerprint density at radius 2 is 1.86 bits per heavy atom. The number of ether oxygens (including phenoxy) is 1. The van der Waals surface area contributed by atoms with Crippen LogP contribution in [0.2, 0.25) is 5.02 Å². The zero-order valence-corrected chi connectivity index (χ0v) is 18.2. The number of nitrogens with zero attached hydrogens (tertiary/aromatic N) is 1. The number of rotatable bonds is 8. The zero-order valence-electron chi connectivity index (χ0n) is 16.6. The molecule has 2 aromatic rings. The summed E-state index contributed by atoms with van der Waals surface area (Å²) >= 11 is 6.11. The van der Waals surface area contributed by atoms with E-state index in [2.05, 4.69) is 5.32 Å². The minimum absolute atomic E-state index is 0.0262. The Bertz CT molecular complexity index is 982. The van der Waals surface area contributed by atoms with Gasteiger partial charge in [-0.25, -0.2) is 12.8 Å². The highest BCUT2D eigenvalue weighted by Gasteiger charge is 2.25. The van der Waals surface area contributed by atoms with Crippen molar-refractivity contribution in [1.29, 1.82) is 0 Å². The molecule has 158 valence electrons. The lowest BCUT2D eigenvalue weighted by molar-refractivity contribution is 0.0926. The molecule has 0 bridgehead atoms. The molecule has 2 rings (SSSR count). The molecule has 0 heterocycles. The number of sulfonamides is 1. The number of nitrogens with one attached hydrogen (secondary N) is 1. The van der Waals surface area contributed by atoms with Gasteiger partial charge in [-0.05, 0) is 51.1 Å². The third-order valence-electron chi connectivity index (χ3n) is 4.29. The average molecular weight is 443 g/mol. The van der Waals surface area contributed by atoms with Crippen molar-refractivity contribution in [2.45, 2.75) is 37.8 Å². The first-order valence-electron chi connectivity index (χ1n) is 8.99. The first kappa shape index (κ1) is 23.1. The van der Waals surface area contributed by atoms with Crippen LogP contribution in [0.3, 0.4) is 0 Å². The first-order valence-corrected chi connectivity index (χ1v) is 10.8. The topological polar surface area (TPSA) is 75.7 Å². The Morgan fingerprint density at radius 1 is 1.21 bits per heavy atom. The fraction of sp³-hybridized carbons (Fsp3) is 0.350. The Hall–Kier alpha value is -2.16. The summed E-state index contributed by atoms with van der Waals surface area (Å²) in [6.07, 6.45) is 0. The van der Waals surface area contributed by atoms with Crippen molar-refractivity contribution in [3.05, 3.63) is 58.9 Å². The smallest absolute Gasteiger partial charge is 0.253 e. The standard InChI is InChI=1S/C20H24ClFN2O4S/c1-13(2)24(4)29(26,27)15-9-10-17(21)16(11-15)20(25)23-14(3)12-28-19-8-6-5-7-18(19)22/h5-11,13-14H,12H2,1-4H3,(H,23,25). The predicted octanol–water partition coefficient (Wildman–Crippen LogP) is 3.71. The molecular weight excluding hydrogens is 419 g/mol. The van der Waals surface area contributed by atoms with Gasteiger partial charge in [-0.1, -0.05) is 23.7 Å². The molecular formula is C20H24ClFN2O4S. The molecule has 9 heteroatoms. The van der Waals surface area contributed by atoms with Crippen LogP contribution in [0.4, 0.5) is 4.39 Å². The summed E-state index contributed by atoms with van der Waals surface area (Å²) in [5.41, 5.74) is 0.0302. The van der Waals surface area contributed by atoms with E-state index in [0.717, 1.165) is 0 Å². The van der Waals surface area contributed by atoms with Crippen LogP contribution >= 0.6 is 11.6 Å². The largest absolute Gasteiger partial charge is 0.488 e. The van der Waals surface area contributed by atoms with Gasteiger partial charge in [0.05, 0.1) is 21.5 Å². The maximum Gasteiger partial charge on any atom is 0.253 e. The molecule has 1 atom stereocenters. The Balaban J connectivity index is 2.13. The quantitative estimate of drug-likeness (QED) is 0.676. The number of halogens is 2. The van der Waals surface area contributed by atoms with E-state index in [1.54, 1.807) is 32.9 Å². The van der Waals surface area contributed by atoms with Crippen molar-refractivity contribution < 1.29 is 22.3 Å². The number of hydrogen-bond acceptors (Lipinski definition) is 4. The fourth-order valence-corrected chi connectivity index (χ4v) is 4.00. The van der Waals surface area contributed by atoms with Crippen molar-refractivity contribution in [3.8, 4) is 5.75 Å². The normalized spacial score (nSPS) is 12.8. The molecule has 0 saturated carbocycles. The summed E-state index contributed by atoms with van der Waals surface area (Å²) in [6, 6.07) is 9.21. The second kappa shape index (κ2) is 9.56. The lowest BCUT2D eigenvalue weighted by atomic mass is 10.2. The van der Waals surface area contributed by atoms with Crippen LogP contribution in [0.25, 0.3) is 0 Å². The van der Waals surface area contributed by atoms with Crippen molar-refractivity contribution in [2.24, 2.45) is 0 Å². The van der Waals surface area contributed by atoms with E-state index in [-0.39, 0.29) is 33.9 Å². The number of carbonyl (C=O) groups is 1. The van der Waals surface area contributed by atoms with Crippen LogP contribution in [-0.4, -0.2) is 44.4 Å². The van der Waals surface area contributed by atoms with E-state index in [0.29, 0.717) is 0 Å². The molecule has 6 nitrogen and oxygen atoms in total. The lowest BCUT2D eigenvalue weighted by Gasteiger charge is -2.21. The summed E-state index contributed by atoms with van der Waals surface area (Å²) in [4.78, 5) is 12.6. The highest BCUT2D eigenvalue weighted by atomic mass is 35.5. The summed E-state index contributed by atoms with van der Waals surface area (Å²) in [5.74, 6) is -0.971. The Labute approximate surface area is 175 Å². The van der Waals surface area contributed by atoms with Crippen LogP contribution < -0.4 is 10.1 Å². The van der Waals surface area contributed by atoms with E-state index in [4.69, 9.17) is 16.3 Å². The van der Waals surface area contributed by atoms with E-state index in [1.165, 1.54) is 41.7 Å². The molecule has 0 spiro atoms. The highest BCUT2D eigenvalue weighted by Crippen LogP contribution is 2.23. The maximum atomic E-state index is 13.6. The molecule has 1 N–H and O–H groups in total. The summed E-state index contributed by atoms with van der Waals surface area (Å²) in [6.45, 7) is 5.20.